The molecule has 0 fully saturated rings. The molecule has 33 heavy (non-hydrogen) atoms. The van der Waals surface area contributed by atoms with Gasteiger partial charge in [-0.1, -0.05) is 92.7 Å². The highest BCUT2D eigenvalue weighted by molar-refractivity contribution is 5.85. The standard InChI is InChI=1S/C28H33NO4/c1-3-29(4-2)20-21-32-27(30)28(24-14-8-5-9-15-24,25-16-10-6-11-17-25)33-23-22-31-26-18-12-7-13-19-26/h5-19H,3-4,20-23H2,1-2H3. The third kappa shape index (κ3) is 6.44. The van der Waals surface area contributed by atoms with Crippen molar-refractivity contribution >= 4 is 5.97 Å². The summed E-state index contributed by atoms with van der Waals surface area (Å²) in [5.41, 5.74) is 0.0683. The van der Waals surface area contributed by atoms with Crippen LogP contribution in [0.3, 0.4) is 0 Å². The monoisotopic (exact) mass is 447 g/mol. The number of rotatable bonds is 13. The number of likely N-dealkylation sites (N-methyl/N-ethyl adjacent to an activating group) is 1. The summed E-state index contributed by atoms with van der Waals surface area (Å²) >= 11 is 0. The highest BCUT2D eigenvalue weighted by atomic mass is 16.6. The Morgan fingerprint density at radius 1 is 0.727 bits per heavy atom. The zero-order valence-electron chi connectivity index (χ0n) is 19.5. The van der Waals surface area contributed by atoms with Gasteiger partial charge in [-0.25, -0.2) is 4.79 Å². The molecule has 3 aromatic carbocycles. The minimum atomic E-state index is -1.38. The first-order valence-electron chi connectivity index (χ1n) is 11.5. The number of para-hydroxylation sites is 1. The van der Waals surface area contributed by atoms with Crippen LogP contribution >= 0.6 is 0 Å². The van der Waals surface area contributed by atoms with Gasteiger partial charge in [0.2, 0.25) is 5.60 Å². The van der Waals surface area contributed by atoms with E-state index in [1.807, 2.05) is 91.0 Å². The van der Waals surface area contributed by atoms with Crippen LogP contribution < -0.4 is 4.74 Å². The minimum absolute atomic E-state index is 0.212. The van der Waals surface area contributed by atoms with E-state index in [-0.39, 0.29) is 6.61 Å². The van der Waals surface area contributed by atoms with E-state index in [9.17, 15) is 4.79 Å². The van der Waals surface area contributed by atoms with Gasteiger partial charge in [0.05, 0.1) is 6.61 Å². The second-order valence-corrected chi connectivity index (χ2v) is 7.59. The van der Waals surface area contributed by atoms with Crippen LogP contribution in [0.25, 0.3) is 0 Å². The van der Waals surface area contributed by atoms with Crippen molar-refractivity contribution in [2.45, 2.75) is 19.4 Å². The lowest BCUT2D eigenvalue weighted by molar-refractivity contribution is -0.170. The number of benzene rings is 3. The average Bonchev–Trinajstić information content (AvgIpc) is 2.88. The molecule has 0 spiro atoms. The van der Waals surface area contributed by atoms with Gasteiger partial charge in [-0.3, -0.25) is 0 Å². The van der Waals surface area contributed by atoms with Crippen molar-refractivity contribution in [1.29, 1.82) is 0 Å². The Kier molecular flexibility index (Phi) is 9.48. The minimum Gasteiger partial charge on any atom is -0.491 e. The molecule has 0 amide bonds. The maximum absolute atomic E-state index is 13.7. The van der Waals surface area contributed by atoms with Gasteiger partial charge in [0.25, 0.3) is 0 Å². The molecule has 0 aliphatic heterocycles. The van der Waals surface area contributed by atoms with Gasteiger partial charge >= 0.3 is 5.97 Å². The molecule has 174 valence electrons. The van der Waals surface area contributed by atoms with Gasteiger partial charge in [-0.15, -0.1) is 0 Å². The molecule has 0 N–H and O–H groups in total. The van der Waals surface area contributed by atoms with Crippen LogP contribution in [0.4, 0.5) is 0 Å². The van der Waals surface area contributed by atoms with Crippen LogP contribution in [-0.2, 0) is 19.9 Å². The molecule has 0 radical (unpaired) electrons. The van der Waals surface area contributed by atoms with Crippen molar-refractivity contribution in [3.63, 3.8) is 0 Å². The Bertz CT molecular complexity index is 904. The van der Waals surface area contributed by atoms with Crippen LogP contribution in [0.2, 0.25) is 0 Å². The number of hydrogen-bond acceptors (Lipinski definition) is 5. The fraction of sp³-hybridized carbons (Fsp3) is 0.321. The van der Waals surface area contributed by atoms with Gasteiger partial charge < -0.3 is 19.1 Å². The maximum atomic E-state index is 13.7. The summed E-state index contributed by atoms with van der Waals surface area (Å²) in [5.74, 6) is 0.333. The van der Waals surface area contributed by atoms with Crippen LogP contribution in [0.5, 0.6) is 5.75 Å². The molecule has 3 rings (SSSR count). The first kappa shape index (κ1) is 24.5. The number of carbonyl (C=O) groups excluding carboxylic acids is 1. The summed E-state index contributed by atoms with van der Waals surface area (Å²) in [6.45, 7) is 7.50. The summed E-state index contributed by atoms with van der Waals surface area (Å²) in [6, 6.07) is 28.6. The summed E-state index contributed by atoms with van der Waals surface area (Å²) in [5, 5.41) is 0. The summed E-state index contributed by atoms with van der Waals surface area (Å²) in [7, 11) is 0. The van der Waals surface area contributed by atoms with Crippen molar-refractivity contribution in [2.24, 2.45) is 0 Å². The van der Waals surface area contributed by atoms with Crippen LogP contribution in [0.15, 0.2) is 91.0 Å². The van der Waals surface area contributed by atoms with E-state index in [1.54, 1.807) is 0 Å². The Labute approximate surface area is 196 Å². The molecule has 0 aliphatic carbocycles. The Balaban J connectivity index is 1.84. The molecule has 0 aliphatic rings. The van der Waals surface area contributed by atoms with Crippen molar-refractivity contribution in [3.05, 3.63) is 102 Å². The maximum Gasteiger partial charge on any atom is 0.347 e. The largest absolute Gasteiger partial charge is 0.491 e. The molecule has 0 saturated heterocycles. The average molecular weight is 448 g/mol. The van der Waals surface area contributed by atoms with E-state index in [1.165, 1.54) is 0 Å². The van der Waals surface area contributed by atoms with Gasteiger partial charge in [-0.05, 0) is 36.3 Å². The van der Waals surface area contributed by atoms with E-state index in [2.05, 4.69) is 18.7 Å². The smallest absolute Gasteiger partial charge is 0.347 e. The molecule has 3 aromatic rings. The predicted molar refractivity (Wildman–Crippen MR) is 130 cm³/mol. The fourth-order valence-electron chi connectivity index (χ4n) is 3.75. The topological polar surface area (TPSA) is 48.0 Å². The molecule has 0 aromatic heterocycles. The molecule has 0 unspecified atom stereocenters. The highest BCUT2D eigenvalue weighted by Crippen LogP contribution is 2.35. The van der Waals surface area contributed by atoms with Crippen LogP contribution in [0.1, 0.15) is 25.0 Å². The second kappa shape index (κ2) is 12.8. The summed E-state index contributed by atoms with van der Waals surface area (Å²) < 4.78 is 18.0. The fourth-order valence-corrected chi connectivity index (χ4v) is 3.75. The zero-order chi connectivity index (χ0) is 23.4. The lowest BCUT2D eigenvalue weighted by atomic mass is 9.86. The van der Waals surface area contributed by atoms with Crippen molar-refractivity contribution in [3.8, 4) is 5.75 Å². The number of nitrogens with zero attached hydrogens (tertiary/aromatic N) is 1. The zero-order valence-corrected chi connectivity index (χ0v) is 19.5. The lowest BCUT2D eigenvalue weighted by Gasteiger charge is -2.33. The van der Waals surface area contributed by atoms with Crippen molar-refractivity contribution in [2.75, 3.05) is 39.5 Å². The molecule has 5 heteroatoms. The Morgan fingerprint density at radius 2 is 1.24 bits per heavy atom. The molecule has 0 bridgehead atoms. The van der Waals surface area contributed by atoms with Crippen LogP contribution in [-0.4, -0.2) is 50.3 Å². The normalized spacial score (nSPS) is 11.4. The number of ether oxygens (including phenoxy) is 3. The van der Waals surface area contributed by atoms with E-state index in [0.29, 0.717) is 19.8 Å². The molecule has 0 saturated carbocycles. The van der Waals surface area contributed by atoms with Crippen molar-refractivity contribution in [1.82, 2.24) is 4.90 Å². The van der Waals surface area contributed by atoms with E-state index in [0.717, 1.165) is 30.0 Å². The molecule has 0 heterocycles. The van der Waals surface area contributed by atoms with Crippen molar-refractivity contribution < 1.29 is 19.0 Å². The molecular weight excluding hydrogens is 414 g/mol. The van der Waals surface area contributed by atoms with Gasteiger partial charge in [0, 0.05) is 6.54 Å². The quantitative estimate of drug-likeness (QED) is 0.275. The highest BCUT2D eigenvalue weighted by Gasteiger charge is 2.45. The first-order chi connectivity index (χ1) is 16.2. The Morgan fingerprint density at radius 3 is 1.76 bits per heavy atom. The van der Waals surface area contributed by atoms with Crippen LogP contribution in [0, 0.1) is 0 Å². The van der Waals surface area contributed by atoms with E-state index >= 15 is 0 Å². The van der Waals surface area contributed by atoms with E-state index < -0.39 is 11.6 Å². The van der Waals surface area contributed by atoms with Gasteiger partial charge in [0.15, 0.2) is 0 Å². The molecule has 5 nitrogen and oxygen atoms in total. The SMILES string of the molecule is CCN(CC)CCOC(=O)C(OCCOc1ccccc1)(c1ccccc1)c1ccccc1. The molecule has 0 atom stereocenters. The summed E-state index contributed by atoms with van der Waals surface area (Å²) in [4.78, 5) is 15.9. The lowest BCUT2D eigenvalue weighted by Crippen LogP contribution is -2.43. The third-order valence-electron chi connectivity index (χ3n) is 5.60. The summed E-state index contributed by atoms with van der Waals surface area (Å²) in [6.07, 6.45) is 0. The van der Waals surface area contributed by atoms with E-state index in [4.69, 9.17) is 14.2 Å². The third-order valence-corrected chi connectivity index (χ3v) is 5.60. The van der Waals surface area contributed by atoms with Gasteiger partial charge in [0.1, 0.15) is 19.0 Å². The second-order valence-electron chi connectivity index (χ2n) is 7.59. The number of carbonyl (C=O) groups is 1. The molecular formula is C28H33NO4. The first-order valence-corrected chi connectivity index (χ1v) is 11.5. The van der Waals surface area contributed by atoms with Gasteiger partial charge in [-0.2, -0.15) is 0 Å². The predicted octanol–water partition coefficient (Wildman–Crippen LogP) is 4.91. The number of hydrogen-bond donors (Lipinski definition) is 0. The Hall–Kier alpha value is -3.15. The number of esters is 1.